The molecule has 0 saturated carbocycles. The van der Waals surface area contributed by atoms with Crippen molar-refractivity contribution in [2.24, 2.45) is 0 Å². The SMILES string of the molecule is COc1ccc(CNc2c(F)cc(Br)cc2F)c(OC)c1. The van der Waals surface area contributed by atoms with Crippen LogP contribution in [-0.4, -0.2) is 14.2 Å². The molecule has 2 aromatic rings. The summed E-state index contributed by atoms with van der Waals surface area (Å²) in [4.78, 5) is 0. The normalized spacial score (nSPS) is 10.3. The van der Waals surface area contributed by atoms with Crippen molar-refractivity contribution in [1.29, 1.82) is 0 Å². The highest BCUT2D eigenvalue weighted by atomic mass is 79.9. The number of hydrogen-bond acceptors (Lipinski definition) is 3. The Hall–Kier alpha value is -1.82. The van der Waals surface area contributed by atoms with E-state index >= 15 is 0 Å². The van der Waals surface area contributed by atoms with Crippen LogP contribution < -0.4 is 14.8 Å². The van der Waals surface area contributed by atoms with Gasteiger partial charge >= 0.3 is 0 Å². The van der Waals surface area contributed by atoms with E-state index in [2.05, 4.69) is 21.2 Å². The van der Waals surface area contributed by atoms with Crippen molar-refractivity contribution in [2.45, 2.75) is 6.54 Å². The lowest BCUT2D eigenvalue weighted by Crippen LogP contribution is -2.05. The van der Waals surface area contributed by atoms with Gasteiger partial charge in [-0.15, -0.1) is 0 Å². The number of anilines is 1. The average Bonchev–Trinajstić information content (AvgIpc) is 2.46. The molecule has 0 bridgehead atoms. The number of ether oxygens (including phenoxy) is 2. The van der Waals surface area contributed by atoms with Gasteiger partial charge in [-0.25, -0.2) is 8.78 Å². The first-order valence-corrected chi connectivity index (χ1v) is 6.93. The number of rotatable bonds is 5. The molecule has 2 rings (SSSR count). The molecule has 0 unspecified atom stereocenters. The van der Waals surface area contributed by atoms with E-state index in [9.17, 15) is 8.78 Å². The van der Waals surface area contributed by atoms with Crippen molar-refractivity contribution < 1.29 is 18.3 Å². The zero-order valence-corrected chi connectivity index (χ0v) is 13.1. The smallest absolute Gasteiger partial charge is 0.150 e. The van der Waals surface area contributed by atoms with Crippen molar-refractivity contribution >= 4 is 21.6 Å². The number of benzene rings is 2. The van der Waals surface area contributed by atoms with E-state index in [0.29, 0.717) is 16.0 Å². The minimum atomic E-state index is -0.658. The Bertz CT molecular complexity index is 627. The second-order valence-electron chi connectivity index (χ2n) is 4.28. The van der Waals surface area contributed by atoms with Crippen LogP contribution in [0.1, 0.15) is 5.56 Å². The summed E-state index contributed by atoms with van der Waals surface area (Å²) in [6, 6.07) is 7.66. The molecule has 0 heterocycles. The summed E-state index contributed by atoms with van der Waals surface area (Å²) in [6.45, 7) is 0.225. The van der Waals surface area contributed by atoms with Gasteiger partial charge in [-0.05, 0) is 24.3 Å². The lowest BCUT2D eigenvalue weighted by molar-refractivity contribution is 0.391. The minimum absolute atomic E-state index is 0.170. The molecular formula is C15H14BrF2NO2. The summed E-state index contributed by atoms with van der Waals surface area (Å²) in [6.07, 6.45) is 0. The zero-order chi connectivity index (χ0) is 15.4. The van der Waals surface area contributed by atoms with Crippen molar-refractivity contribution in [2.75, 3.05) is 19.5 Å². The van der Waals surface area contributed by atoms with E-state index < -0.39 is 11.6 Å². The summed E-state index contributed by atoms with van der Waals surface area (Å²) >= 11 is 3.04. The van der Waals surface area contributed by atoms with E-state index in [-0.39, 0.29) is 12.2 Å². The zero-order valence-electron chi connectivity index (χ0n) is 11.5. The van der Waals surface area contributed by atoms with Gasteiger partial charge < -0.3 is 14.8 Å². The molecule has 0 amide bonds. The monoisotopic (exact) mass is 357 g/mol. The molecule has 3 nitrogen and oxygen atoms in total. The van der Waals surface area contributed by atoms with Crippen LogP contribution >= 0.6 is 15.9 Å². The Kier molecular flexibility index (Phi) is 5.01. The topological polar surface area (TPSA) is 30.5 Å². The molecule has 0 atom stereocenters. The Balaban J connectivity index is 2.20. The van der Waals surface area contributed by atoms with E-state index in [0.717, 1.165) is 5.56 Å². The van der Waals surface area contributed by atoms with Gasteiger partial charge in [0.15, 0.2) is 0 Å². The van der Waals surface area contributed by atoms with Gasteiger partial charge in [-0.1, -0.05) is 15.9 Å². The third-order valence-corrected chi connectivity index (χ3v) is 3.41. The fraction of sp³-hybridized carbons (Fsp3) is 0.200. The standard InChI is InChI=1S/C15H14BrF2NO2/c1-20-11-4-3-9(14(7-11)21-2)8-19-15-12(17)5-10(16)6-13(15)18/h3-7,19H,8H2,1-2H3. The number of nitrogens with one attached hydrogen (secondary N) is 1. The fourth-order valence-electron chi connectivity index (χ4n) is 1.89. The largest absolute Gasteiger partial charge is 0.497 e. The maximum absolute atomic E-state index is 13.7. The van der Waals surface area contributed by atoms with Crippen molar-refractivity contribution in [1.82, 2.24) is 0 Å². The molecule has 0 aliphatic heterocycles. The lowest BCUT2D eigenvalue weighted by atomic mass is 10.2. The van der Waals surface area contributed by atoms with Gasteiger partial charge in [0.05, 0.1) is 14.2 Å². The molecule has 0 spiro atoms. The highest BCUT2D eigenvalue weighted by Gasteiger charge is 2.11. The molecule has 1 N–H and O–H groups in total. The van der Waals surface area contributed by atoms with Crippen molar-refractivity contribution in [3.05, 3.63) is 52.0 Å². The van der Waals surface area contributed by atoms with Crippen LogP contribution in [0.25, 0.3) is 0 Å². The Morgan fingerprint density at radius 2 is 1.71 bits per heavy atom. The number of halogens is 3. The van der Waals surface area contributed by atoms with E-state index in [1.165, 1.54) is 19.2 Å². The summed E-state index contributed by atoms with van der Waals surface area (Å²) in [7, 11) is 3.08. The highest BCUT2D eigenvalue weighted by Crippen LogP contribution is 2.28. The summed E-state index contributed by atoms with van der Waals surface area (Å²) in [5, 5.41) is 2.75. The molecule has 0 fully saturated rings. The molecule has 6 heteroatoms. The predicted molar refractivity (Wildman–Crippen MR) is 80.9 cm³/mol. The molecule has 2 aromatic carbocycles. The maximum Gasteiger partial charge on any atom is 0.150 e. The first kappa shape index (κ1) is 15.6. The first-order chi connectivity index (χ1) is 10.0. The molecule has 0 saturated heterocycles. The molecular weight excluding hydrogens is 344 g/mol. The van der Waals surface area contributed by atoms with Crippen LogP contribution in [-0.2, 0) is 6.54 Å². The Morgan fingerprint density at radius 1 is 1.05 bits per heavy atom. The number of hydrogen-bond donors (Lipinski definition) is 1. The first-order valence-electron chi connectivity index (χ1n) is 6.14. The summed E-state index contributed by atoms with van der Waals surface area (Å²) < 4.78 is 38.2. The maximum atomic E-state index is 13.7. The van der Waals surface area contributed by atoms with Crippen LogP contribution in [0.5, 0.6) is 11.5 Å². The van der Waals surface area contributed by atoms with Crippen LogP contribution in [0.2, 0.25) is 0 Å². The van der Waals surface area contributed by atoms with Crippen LogP contribution in [0.3, 0.4) is 0 Å². The summed E-state index contributed by atoms with van der Waals surface area (Å²) in [5.74, 6) is -0.0833. The molecule has 0 aliphatic carbocycles. The predicted octanol–water partition coefficient (Wildman–Crippen LogP) is 4.36. The van der Waals surface area contributed by atoms with Crippen LogP contribution in [0.15, 0.2) is 34.8 Å². The highest BCUT2D eigenvalue weighted by molar-refractivity contribution is 9.10. The third kappa shape index (κ3) is 3.64. The van der Waals surface area contributed by atoms with Gasteiger partial charge in [0.2, 0.25) is 0 Å². The van der Waals surface area contributed by atoms with Crippen molar-refractivity contribution in [3.63, 3.8) is 0 Å². The minimum Gasteiger partial charge on any atom is -0.497 e. The van der Waals surface area contributed by atoms with Gasteiger partial charge in [0, 0.05) is 22.6 Å². The van der Waals surface area contributed by atoms with Crippen LogP contribution in [0, 0.1) is 11.6 Å². The van der Waals surface area contributed by atoms with Crippen molar-refractivity contribution in [3.8, 4) is 11.5 Å². The molecule has 0 aromatic heterocycles. The van der Waals surface area contributed by atoms with Gasteiger partial charge in [-0.3, -0.25) is 0 Å². The second-order valence-corrected chi connectivity index (χ2v) is 5.19. The number of methoxy groups -OCH3 is 2. The average molecular weight is 358 g/mol. The summed E-state index contributed by atoms with van der Waals surface area (Å²) in [5.41, 5.74) is 0.594. The van der Waals surface area contributed by atoms with E-state index in [1.54, 1.807) is 25.3 Å². The Morgan fingerprint density at radius 3 is 2.29 bits per heavy atom. The molecule has 21 heavy (non-hydrogen) atoms. The van der Waals surface area contributed by atoms with E-state index in [1.807, 2.05) is 0 Å². The fourth-order valence-corrected chi connectivity index (χ4v) is 2.29. The molecule has 112 valence electrons. The quantitative estimate of drug-likeness (QED) is 0.862. The van der Waals surface area contributed by atoms with Gasteiger partial charge in [-0.2, -0.15) is 0 Å². The molecule has 0 aliphatic rings. The van der Waals surface area contributed by atoms with E-state index in [4.69, 9.17) is 9.47 Å². The molecule has 0 radical (unpaired) electrons. The Labute approximate surface area is 130 Å². The van der Waals surface area contributed by atoms with Crippen LogP contribution in [0.4, 0.5) is 14.5 Å². The third-order valence-electron chi connectivity index (χ3n) is 2.96. The second kappa shape index (κ2) is 6.76. The van der Waals surface area contributed by atoms with Gasteiger partial charge in [0.25, 0.3) is 0 Å². The van der Waals surface area contributed by atoms with Gasteiger partial charge in [0.1, 0.15) is 28.8 Å². The lowest BCUT2D eigenvalue weighted by Gasteiger charge is -2.13.